The zero-order valence-electron chi connectivity index (χ0n) is 11.3. The van der Waals surface area contributed by atoms with Crippen LogP contribution >= 0.6 is 11.6 Å². The lowest BCUT2D eigenvalue weighted by Crippen LogP contribution is -2.27. The van der Waals surface area contributed by atoms with E-state index in [2.05, 4.69) is 0 Å². The Morgan fingerprint density at radius 3 is 2.62 bits per heavy atom. The average Bonchev–Trinajstić information content (AvgIpc) is 2.41. The summed E-state index contributed by atoms with van der Waals surface area (Å²) in [6, 6.07) is 10.1. The molecular formula is C14H14ClFN2O2S. The van der Waals surface area contributed by atoms with Gasteiger partial charge in [0.2, 0.25) is 10.0 Å². The molecule has 0 aliphatic heterocycles. The second-order valence-electron chi connectivity index (χ2n) is 4.57. The van der Waals surface area contributed by atoms with E-state index < -0.39 is 15.8 Å². The Kier molecular flexibility index (Phi) is 4.51. The van der Waals surface area contributed by atoms with E-state index in [1.165, 1.54) is 13.1 Å². The number of nitrogen functional groups attached to an aromatic ring is 1. The Bertz CT molecular complexity index is 765. The summed E-state index contributed by atoms with van der Waals surface area (Å²) >= 11 is 5.87. The number of hydrogen-bond acceptors (Lipinski definition) is 3. The van der Waals surface area contributed by atoms with Crippen molar-refractivity contribution in [2.75, 3.05) is 12.8 Å². The van der Waals surface area contributed by atoms with Gasteiger partial charge in [-0.05, 0) is 35.9 Å². The molecule has 2 aromatic rings. The quantitative estimate of drug-likeness (QED) is 0.878. The monoisotopic (exact) mass is 328 g/mol. The van der Waals surface area contributed by atoms with Crippen molar-refractivity contribution in [2.24, 2.45) is 0 Å². The van der Waals surface area contributed by atoms with E-state index in [-0.39, 0.29) is 17.1 Å². The van der Waals surface area contributed by atoms with Crippen LogP contribution in [0.15, 0.2) is 47.4 Å². The summed E-state index contributed by atoms with van der Waals surface area (Å²) in [7, 11) is -2.47. The van der Waals surface area contributed by atoms with E-state index in [1.807, 2.05) is 0 Å². The highest BCUT2D eigenvalue weighted by Gasteiger charge is 2.24. The molecule has 2 N–H and O–H groups in total. The highest BCUT2D eigenvalue weighted by molar-refractivity contribution is 7.89. The van der Waals surface area contributed by atoms with Crippen molar-refractivity contribution in [3.63, 3.8) is 0 Å². The Balaban J connectivity index is 2.33. The minimum Gasteiger partial charge on any atom is -0.398 e. The van der Waals surface area contributed by atoms with Crippen LogP contribution in [0.3, 0.4) is 0 Å². The molecule has 0 bridgehead atoms. The maximum atomic E-state index is 13.3. The number of halogens is 2. The molecule has 0 aliphatic rings. The lowest BCUT2D eigenvalue weighted by atomic mass is 10.2. The van der Waals surface area contributed by atoms with E-state index in [9.17, 15) is 12.8 Å². The van der Waals surface area contributed by atoms with Gasteiger partial charge < -0.3 is 5.73 Å². The van der Waals surface area contributed by atoms with Crippen LogP contribution < -0.4 is 5.73 Å². The van der Waals surface area contributed by atoms with E-state index in [0.717, 1.165) is 22.0 Å². The second-order valence-corrected chi connectivity index (χ2v) is 7.02. The Morgan fingerprint density at radius 1 is 1.24 bits per heavy atom. The van der Waals surface area contributed by atoms with Crippen LogP contribution in [-0.4, -0.2) is 19.8 Å². The molecule has 21 heavy (non-hydrogen) atoms. The van der Waals surface area contributed by atoms with Crippen molar-refractivity contribution in [3.05, 3.63) is 58.9 Å². The van der Waals surface area contributed by atoms with Crippen molar-refractivity contribution < 1.29 is 12.8 Å². The highest BCUT2D eigenvalue weighted by Crippen LogP contribution is 2.24. The van der Waals surface area contributed by atoms with E-state index in [0.29, 0.717) is 5.02 Å². The number of hydrogen-bond donors (Lipinski definition) is 1. The molecule has 0 unspecified atom stereocenters. The fourth-order valence-corrected chi connectivity index (χ4v) is 3.37. The van der Waals surface area contributed by atoms with Crippen LogP contribution in [0.5, 0.6) is 0 Å². The molecule has 4 nitrogen and oxygen atoms in total. The van der Waals surface area contributed by atoms with Gasteiger partial charge in [0.25, 0.3) is 0 Å². The molecule has 7 heteroatoms. The fraction of sp³-hybridized carbons (Fsp3) is 0.143. The van der Waals surface area contributed by atoms with Gasteiger partial charge in [0.1, 0.15) is 10.7 Å². The van der Waals surface area contributed by atoms with Gasteiger partial charge >= 0.3 is 0 Å². The zero-order chi connectivity index (χ0) is 15.6. The number of nitrogens with zero attached hydrogens (tertiary/aromatic N) is 1. The number of benzene rings is 2. The SMILES string of the molecule is CN(Cc1cccc(Cl)c1)S(=O)(=O)c1cc(F)ccc1N. The van der Waals surface area contributed by atoms with Gasteiger partial charge in [-0.15, -0.1) is 0 Å². The molecule has 0 saturated carbocycles. The van der Waals surface area contributed by atoms with Crippen LogP contribution in [0.4, 0.5) is 10.1 Å². The summed E-state index contributed by atoms with van der Waals surface area (Å²) in [5.74, 6) is -0.654. The molecule has 0 saturated heterocycles. The first-order valence-corrected chi connectivity index (χ1v) is 7.88. The fourth-order valence-electron chi connectivity index (χ4n) is 1.88. The second kappa shape index (κ2) is 6.01. The van der Waals surface area contributed by atoms with Crippen LogP contribution in [0.2, 0.25) is 5.02 Å². The van der Waals surface area contributed by atoms with Gasteiger partial charge in [-0.25, -0.2) is 12.8 Å². The van der Waals surface area contributed by atoms with Crippen LogP contribution in [-0.2, 0) is 16.6 Å². The molecule has 0 spiro atoms. The van der Waals surface area contributed by atoms with Crippen molar-refractivity contribution in [1.29, 1.82) is 0 Å². The third-order valence-corrected chi connectivity index (χ3v) is 5.05. The minimum absolute atomic E-state index is 0.00865. The van der Waals surface area contributed by atoms with Crippen molar-refractivity contribution in [3.8, 4) is 0 Å². The van der Waals surface area contributed by atoms with Gasteiger partial charge in [0, 0.05) is 18.6 Å². The van der Waals surface area contributed by atoms with Crippen LogP contribution in [0, 0.1) is 5.82 Å². The molecule has 0 heterocycles. The molecular weight excluding hydrogens is 315 g/mol. The van der Waals surface area contributed by atoms with Crippen molar-refractivity contribution in [2.45, 2.75) is 11.4 Å². The molecule has 0 radical (unpaired) electrons. The predicted octanol–water partition coefficient (Wildman–Crippen LogP) is 2.88. The van der Waals surface area contributed by atoms with Crippen LogP contribution in [0.1, 0.15) is 5.56 Å². The molecule has 0 amide bonds. The summed E-state index contributed by atoms with van der Waals surface area (Å²) in [6.07, 6.45) is 0. The molecule has 0 aliphatic carbocycles. The van der Waals surface area contributed by atoms with Gasteiger partial charge in [0.15, 0.2) is 0 Å². The molecule has 0 fully saturated rings. The van der Waals surface area contributed by atoms with Gasteiger partial charge in [-0.1, -0.05) is 23.7 Å². The van der Waals surface area contributed by atoms with E-state index in [1.54, 1.807) is 24.3 Å². The summed E-state index contributed by atoms with van der Waals surface area (Å²) in [6.45, 7) is 0.110. The standard InChI is InChI=1S/C14H14ClFN2O2S/c1-18(9-10-3-2-4-11(15)7-10)21(19,20)14-8-12(16)5-6-13(14)17/h2-8H,9,17H2,1H3. The van der Waals surface area contributed by atoms with Gasteiger partial charge in [-0.2, -0.15) is 4.31 Å². The average molecular weight is 329 g/mol. The smallest absolute Gasteiger partial charge is 0.245 e. The Labute approximate surface area is 128 Å². The molecule has 0 atom stereocenters. The lowest BCUT2D eigenvalue weighted by Gasteiger charge is -2.18. The number of sulfonamides is 1. The first-order chi connectivity index (χ1) is 9.80. The summed E-state index contributed by atoms with van der Waals surface area (Å²) in [4.78, 5) is -0.243. The Morgan fingerprint density at radius 2 is 1.95 bits per heavy atom. The zero-order valence-corrected chi connectivity index (χ0v) is 12.8. The Hall–Kier alpha value is -1.63. The molecule has 112 valence electrons. The minimum atomic E-state index is -3.88. The molecule has 2 rings (SSSR count). The number of anilines is 1. The first-order valence-electron chi connectivity index (χ1n) is 6.06. The summed E-state index contributed by atoms with van der Waals surface area (Å²) in [5, 5.41) is 0.517. The predicted molar refractivity (Wildman–Crippen MR) is 80.9 cm³/mol. The third-order valence-electron chi connectivity index (χ3n) is 2.96. The maximum absolute atomic E-state index is 13.3. The first kappa shape index (κ1) is 15.8. The normalized spacial score (nSPS) is 11.8. The highest BCUT2D eigenvalue weighted by atomic mass is 35.5. The van der Waals surface area contributed by atoms with E-state index in [4.69, 9.17) is 17.3 Å². The summed E-state index contributed by atoms with van der Waals surface area (Å²) < 4.78 is 39.2. The number of nitrogens with two attached hydrogens (primary N) is 1. The van der Waals surface area contributed by atoms with E-state index >= 15 is 0 Å². The van der Waals surface area contributed by atoms with Crippen LogP contribution in [0.25, 0.3) is 0 Å². The summed E-state index contributed by atoms with van der Waals surface area (Å²) in [5.41, 5.74) is 6.37. The number of rotatable bonds is 4. The topological polar surface area (TPSA) is 63.4 Å². The molecule has 0 aromatic heterocycles. The van der Waals surface area contributed by atoms with Crippen molar-refractivity contribution >= 4 is 27.3 Å². The third kappa shape index (κ3) is 3.53. The maximum Gasteiger partial charge on any atom is 0.245 e. The van der Waals surface area contributed by atoms with Gasteiger partial charge in [-0.3, -0.25) is 0 Å². The lowest BCUT2D eigenvalue weighted by molar-refractivity contribution is 0.466. The molecule has 2 aromatic carbocycles. The van der Waals surface area contributed by atoms with Crippen molar-refractivity contribution in [1.82, 2.24) is 4.31 Å². The van der Waals surface area contributed by atoms with Gasteiger partial charge in [0.05, 0.1) is 5.69 Å². The largest absolute Gasteiger partial charge is 0.398 e.